The summed E-state index contributed by atoms with van der Waals surface area (Å²) in [5, 5.41) is 0. The maximum absolute atomic E-state index is 14.4. The summed E-state index contributed by atoms with van der Waals surface area (Å²) >= 11 is 0. The zero-order chi connectivity index (χ0) is 36.8. The van der Waals surface area contributed by atoms with Crippen LogP contribution >= 0.6 is 0 Å². The molecule has 49 heavy (non-hydrogen) atoms. The fourth-order valence-electron chi connectivity index (χ4n) is 8.83. The number of ketones is 1. The van der Waals surface area contributed by atoms with Gasteiger partial charge in [-0.25, -0.2) is 4.79 Å². The Bertz CT molecular complexity index is 1260. The number of aliphatic imine (C=N–C) groups is 1. The number of nitrogens with zero attached hydrogens (tertiary/aromatic N) is 3. The number of ether oxygens (including phenoxy) is 5. The number of hydrogen-bond acceptors (Lipinski definition) is 11. The number of carbonyl (C=O) groups is 3. The van der Waals surface area contributed by atoms with Crippen molar-refractivity contribution in [2.45, 2.75) is 148 Å². The van der Waals surface area contributed by atoms with Gasteiger partial charge in [0.25, 0.3) is 0 Å². The molecule has 4 aliphatic heterocycles. The molecule has 0 aromatic carbocycles. The monoisotopic (exact) mass is 709 g/mol. The summed E-state index contributed by atoms with van der Waals surface area (Å²) in [6, 6.07) is -0.401. The number of cyclic esters (lactones) is 1. The quantitative estimate of drug-likeness (QED) is 0.204. The lowest BCUT2D eigenvalue weighted by Gasteiger charge is -2.49. The van der Waals surface area contributed by atoms with E-state index in [1.807, 2.05) is 41.8 Å². The number of likely N-dealkylation sites (N-methyl/N-ethyl adjacent to an activating group) is 1. The number of rotatable bonds is 7. The molecule has 4 rings (SSSR count). The maximum atomic E-state index is 14.4. The summed E-state index contributed by atoms with van der Waals surface area (Å²) in [7, 11) is 3.63. The molecule has 12 nitrogen and oxygen atoms in total. The molecule has 3 saturated heterocycles. The molecule has 0 saturated carbocycles. The maximum Gasteiger partial charge on any atom is 0.410 e. The molecule has 3 fully saturated rings. The number of methoxy groups -OCH3 is 1. The van der Waals surface area contributed by atoms with Crippen molar-refractivity contribution in [1.29, 1.82) is 0 Å². The van der Waals surface area contributed by atoms with Gasteiger partial charge in [0.15, 0.2) is 26.0 Å². The first-order valence-corrected chi connectivity index (χ1v) is 21.6. The van der Waals surface area contributed by atoms with Crippen LogP contribution in [0.1, 0.15) is 74.7 Å². The first-order valence-electron chi connectivity index (χ1n) is 18.2. The van der Waals surface area contributed by atoms with Crippen molar-refractivity contribution in [3.63, 3.8) is 0 Å². The summed E-state index contributed by atoms with van der Waals surface area (Å²) in [6.07, 6.45) is -1.71. The van der Waals surface area contributed by atoms with Gasteiger partial charge in [-0.15, -0.1) is 0 Å². The van der Waals surface area contributed by atoms with Crippen molar-refractivity contribution in [3.05, 3.63) is 0 Å². The van der Waals surface area contributed by atoms with Crippen LogP contribution in [0.15, 0.2) is 4.99 Å². The number of carbonyl (C=O) groups excluding carboxylic acids is 3. The van der Waals surface area contributed by atoms with E-state index in [-0.39, 0.29) is 29.8 Å². The highest BCUT2D eigenvalue weighted by Crippen LogP contribution is 2.44. The lowest BCUT2D eigenvalue weighted by molar-refractivity contribution is -0.292. The highest BCUT2D eigenvalue weighted by Gasteiger charge is 2.60. The SMILES string of the molecule is CC[C@H]1OC(=O)[C@H](C)C(=O)[C@H](C)[C@H](O[C@@H]2O[C@H](C)C[C@H](N(C)C)[C@H]2O[Si](C)(C)C)[C@](C)(OC)C[C@@H](C)C2=NCCN3C(=O)O[C@@]1(C)[C@@H]3[C@H]2C. The molecule has 0 N–H and O–H groups in total. The largest absolute Gasteiger partial charge is 0.458 e. The molecule has 0 spiro atoms. The van der Waals surface area contributed by atoms with Crippen LogP contribution in [0.2, 0.25) is 19.6 Å². The minimum absolute atomic E-state index is 0.0207. The third-order valence-electron chi connectivity index (χ3n) is 11.3. The van der Waals surface area contributed by atoms with Crippen LogP contribution in [0.5, 0.6) is 0 Å². The van der Waals surface area contributed by atoms with Crippen LogP contribution in [0.4, 0.5) is 4.79 Å². The molecule has 0 aromatic heterocycles. The Balaban J connectivity index is 1.83. The summed E-state index contributed by atoms with van der Waals surface area (Å²) < 4.78 is 38.9. The Kier molecular flexibility index (Phi) is 12.2. The van der Waals surface area contributed by atoms with Gasteiger partial charge in [-0.05, 0) is 86.6 Å². The summed E-state index contributed by atoms with van der Waals surface area (Å²) in [4.78, 5) is 50.5. The van der Waals surface area contributed by atoms with Crippen LogP contribution < -0.4 is 0 Å². The standard InChI is InChI=1S/C36H63N3O9Si/c1-15-26-36(8)30-22(4)27(37-16-17-39(30)34(42)47-36)20(2)19-35(7,43-11)31(23(5)28(40)24(6)32(41)45-26)46-33-29(48-49(12,13)14)25(38(9)10)18-21(3)44-33/h20-26,29-31,33H,15-19H2,1-14H3/t20-,21-,22+,23+,24-,25+,26-,29-,30+,31+,33+,35-,36-/m1/s1. The van der Waals surface area contributed by atoms with E-state index in [0.717, 1.165) is 12.1 Å². The van der Waals surface area contributed by atoms with Crippen LogP contribution in [0.25, 0.3) is 0 Å². The van der Waals surface area contributed by atoms with E-state index in [1.54, 1.807) is 25.9 Å². The molecule has 0 aromatic rings. The predicted molar refractivity (Wildman–Crippen MR) is 189 cm³/mol. The molecule has 4 heterocycles. The molecule has 2 bridgehead atoms. The smallest absolute Gasteiger partial charge is 0.410 e. The van der Waals surface area contributed by atoms with Crippen molar-refractivity contribution in [2.75, 3.05) is 34.3 Å². The van der Waals surface area contributed by atoms with E-state index in [1.165, 1.54) is 0 Å². The van der Waals surface area contributed by atoms with Gasteiger partial charge in [-0.1, -0.05) is 27.7 Å². The normalized spacial score (nSPS) is 42.7. The van der Waals surface area contributed by atoms with E-state index < -0.39 is 74.1 Å². The number of esters is 1. The average Bonchev–Trinajstić information content (AvgIpc) is 3.14. The summed E-state index contributed by atoms with van der Waals surface area (Å²) in [5.74, 6) is -3.21. The Morgan fingerprint density at radius 1 is 1.04 bits per heavy atom. The molecule has 1 amide bonds. The minimum Gasteiger partial charge on any atom is -0.458 e. The molecule has 4 aliphatic rings. The van der Waals surface area contributed by atoms with Gasteiger partial charge in [0.05, 0.1) is 30.4 Å². The van der Waals surface area contributed by atoms with E-state index in [2.05, 4.69) is 38.4 Å². The van der Waals surface area contributed by atoms with Gasteiger partial charge >= 0.3 is 12.1 Å². The molecular formula is C36H63N3O9Si. The van der Waals surface area contributed by atoms with Crippen molar-refractivity contribution >= 4 is 31.9 Å². The molecule has 280 valence electrons. The van der Waals surface area contributed by atoms with Gasteiger partial charge in [0.2, 0.25) is 0 Å². The number of fused-ring (bicyclic) bond motifs is 1. The third kappa shape index (κ3) is 7.96. The number of amides is 1. The highest BCUT2D eigenvalue weighted by atomic mass is 28.4. The first-order chi connectivity index (χ1) is 22.7. The Labute approximate surface area is 295 Å². The van der Waals surface area contributed by atoms with Crippen molar-refractivity contribution in [2.24, 2.45) is 28.7 Å². The summed E-state index contributed by atoms with van der Waals surface area (Å²) in [6.45, 7) is 22.5. The van der Waals surface area contributed by atoms with Crippen molar-refractivity contribution in [1.82, 2.24) is 9.80 Å². The lowest BCUT2D eigenvalue weighted by Crippen LogP contribution is -2.61. The second-order valence-corrected chi connectivity index (χ2v) is 20.9. The molecular weight excluding hydrogens is 646 g/mol. The molecule has 0 unspecified atom stereocenters. The zero-order valence-electron chi connectivity index (χ0n) is 32.4. The molecule has 13 atom stereocenters. The van der Waals surface area contributed by atoms with E-state index in [0.29, 0.717) is 25.9 Å². The number of Topliss-reactive ketones (excluding diaryl/α,β-unsaturated/α-hetero) is 1. The van der Waals surface area contributed by atoms with Crippen LogP contribution in [-0.4, -0.2) is 130 Å². The topological polar surface area (TPSA) is 125 Å². The minimum atomic E-state index is -2.08. The van der Waals surface area contributed by atoms with Crippen LogP contribution in [0.3, 0.4) is 0 Å². The fourth-order valence-corrected chi connectivity index (χ4v) is 9.91. The Morgan fingerprint density at radius 3 is 2.27 bits per heavy atom. The predicted octanol–water partition coefficient (Wildman–Crippen LogP) is 4.94. The second-order valence-electron chi connectivity index (χ2n) is 16.5. The molecule has 0 radical (unpaired) electrons. The zero-order valence-corrected chi connectivity index (χ0v) is 33.4. The van der Waals surface area contributed by atoms with Crippen molar-refractivity contribution in [3.8, 4) is 0 Å². The van der Waals surface area contributed by atoms with Gasteiger partial charge < -0.3 is 33.0 Å². The van der Waals surface area contributed by atoms with Crippen molar-refractivity contribution < 1.29 is 42.5 Å². The fraction of sp³-hybridized carbons (Fsp3) is 0.889. The van der Waals surface area contributed by atoms with Crippen LogP contribution in [0, 0.1) is 23.7 Å². The first kappa shape index (κ1) is 39.9. The van der Waals surface area contributed by atoms with Gasteiger partial charge in [0.1, 0.15) is 18.1 Å². The lowest BCUT2D eigenvalue weighted by atomic mass is 9.73. The molecule has 0 aliphatic carbocycles. The Morgan fingerprint density at radius 2 is 1.69 bits per heavy atom. The molecule has 13 heteroatoms. The van der Waals surface area contributed by atoms with Gasteiger partial charge in [-0.3, -0.25) is 19.5 Å². The second kappa shape index (κ2) is 15.0. The van der Waals surface area contributed by atoms with E-state index in [9.17, 15) is 14.4 Å². The van der Waals surface area contributed by atoms with E-state index in [4.69, 9.17) is 33.1 Å². The highest BCUT2D eigenvalue weighted by molar-refractivity contribution is 6.69. The van der Waals surface area contributed by atoms with Gasteiger partial charge in [-0.2, -0.15) is 0 Å². The Hall–Kier alpha value is -1.90. The van der Waals surface area contributed by atoms with E-state index >= 15 is 0 Å². The average molecular weight is 710 g/mol. The van der Waals surface area contributed by atoms with Crippen LogP contribution in [-0.2, 0) is 37.7 Å². The summed E-state index contributed by atoms with van der Waals surface area (Å²) in [5.41, 5.74) is -1.22. The number of hydrogen-bond donors (Lipinski definition) is 0. The van der Waals surface area contributed by atoms with Gasteiger partial charge in [0, 0.05) is 37.2 Å². The third-order valence-corrected chi connectivity index (χ3v) is 12.3.